The predicted octanol–water partition coefficient (Wildman–Crippen LogP) is 2.35. The van der Waals surface area contributed by atoms with Gasteiger partial charge in [-0.3, -0.25) is 9.88 Å². The molecular formula is C17H23N3O. The van der Waals surface area contributed by atoms with Crippen molar-refractivity contribution in [2.24, 2.45) is 5.73 Å². The highest BCUT2D eigenvalue weighted by Crippen LogP contribution is 2.26. The largest absolute Gasteiger partial charge is 0.374 e. The summed E-state index contributed by atoms with van der Waals surface area (Å²) in [5.74, 6) is 0. The van der Waals surface area contributed by atoms with E-state index in [0.717, 1.165) is 42.7 Å². The molecular weight excluding hydrogens is 262 g/mol. The Labute approximate surface area is 125 Å². The number of aromatic nitrogens is 1. The summed E-state index contributed by atoms with van der Waals surface area (Å²) in [6, 6.07) is 10.1. The SMILES string of the molecule is CCCN1CCOC(C(N)c2cccc3ncccc23)C1. The van der Waals surface area contributed by atoms with E-state index in [2.05, 4.69) is 28.9 Å². The first-order valence-electron chi connectivity index (χ1n) is 7.72. The summed E-state index contributed by atoms with van der Waals surface area (Å²) in [6.45, 7) is 6.01. The molecule has 2 N–H and O–H groups in total. The van der Waals surface area contributed by atoms with Crippen LogP contribution in [0.15, 0.2) is 36.5 Å². The van der Waals surface area contributed by atoms with Crippen molar-refractivity contribution in [3.63, 3.8) is 0 Å². The second-order valence-corrected chi connectivity index (χ2v) is 5.65. The molecule has 1 aliphatic heterocycles. The second kappa shape index (κ2) is 6.52. The van der Waals surface area contributed by atoms with Crippen LogP contribution in [0.25, 0.3) is 10.9 Å². The fourth-order valence-electron chi connectivity index (χ4n) is 3.09. The maximum absolute atomic E-state index is 6.51. The zero-order valence-corrected chi connectivity index (χ0v) is 12.5. The van der Waals surface area contributed by atoms with Crippen LogP contribution in [0, 0.1) is 0 Å². The number of hydrogen-bond donors (Lipinski definition) is 1. The van der Waals surface area contributed by atoms with Crippen LogP contribution in [0.5, 0.6) is 0 Å². The molecule has 2 atom stereocenters. The van der Waals surface area contributed by atoms with E-state index in [1.54, 1.807) is 0 Å². The molecule has 4 heteroatoms. The number of hydrogen-bond acceptors (Lipinski definition) is 4. The summed E-state index contributed by atoms with van der Waals surface area (Å²) in [4.78, 5) is 6.85. The summed E-state index contributed by atoms with van der Waals surface area (Å²) >= 11 is 0. The van der Waals surface area contributed by atoms with Gasteiger partial charge in [-0.05, 0) is 30.7 Å². The van der Waals surface area contributed by atoms with Gasteiger partial charge in [-0.2, -0.15) is 0 Å². The van der Waals surface area contributed by atoms with Crippen LogP contribution < -0.4 is 5.73 Å². The molecule has 2 heterocycles. The Hall–Kier alpha value is -1.49. The molecule has 1 aromatic carbocycles. The van der Waals surface area contributed by atoms with Crippen molar-refractivity contribution in [2.75, 3.05) is 26.2 Å². The molecule has 4 nitrogen and oxygen atoms in total. The molecule has 1 aromatic heterocycles. The van der Waals surface area contributed by atoms with Gasteiger partial charge in [-0.25, -0.2) is 0 Å². The summed E-state index contributed by atoms with van der Waals surface area (Å²) in [5, 5.41) is 1.13. The Morgan fingerprint density at radius 1 is 1.38 bits per heavy atom. The maximum Gasteiger partial charge on any atom is 0.0895 e. The first-order valence-corrected chi connectivity index (χ1v) is 7.72. The number of rotatable bonds is 4. The third-order valence-corrected chi connectivity index (χ3v) is 4.16. The van der Waals surface area contributed by atoms with Crippen LogP contribution in [0.1, 0.15) is 24.9 Å². The number of nitrogens with zero attached hydrogens (tertiary/aromatic N) is 2. The Morgan fingerprint density at radius 2 is 2.29 bits per heavy atom. The van der Waals surface area contributed by atoms with E-state index in [9.17, 15) is 0 Å². The molecule has 0 bridgehead atoms. The van der Waals surface area contributed by atoms with Crippen LogP contribution in [0.2, 0.25) is 0 Å². The van der Waals surface area contributed by atoms with E-state index < -0.39 is 0 Å². The van der Waals surface area contributed by atoms with Crippen LogP contribution in [-0.4, -0.2) is 42.2 Å². The van der Waals surface area contributed by atoms with Crippen LogP contribution in [0.4, 0.5) is 0 Å². The van der Waals surface area contributed by atoms with E-state index in [1.165, 1.54) is 6.42 Å². The van der Waals surface area contributed by atoms with E-state index in [-0.39, 0.29) is 12.1 Å². The highest BCUT2D eigenvalue weighted by molar-refractivity contribution is 5.82. The fourth-order valence-corrected chi connectivity index (χ4v) is 3.09. The van der Waals surface area contributed by atoms with Crippen molar-refractivity contribution in [1.82, 2.24) is 9.88 Å². The number of fused-ring (bicyclic) bond motifs is 1. The molecule has 0 aliphatic carbocycles. The molecule has 2 aromatic rings. The Balaban J connectivity index is 1.84. The van der Waals surface area contributed by atoms with Crippen molar-refractivity contribution in [3.05, 3.63) is 42.1 Å². The molecule has 0 radical (unpaired) electrons. The first kappa shape index (κ1) is 14.4. The minimum Gasteiger partial charge on any atom is -0.374 e. The third kappa shape index (κ3) is 3.07. The van der Waals surface area contributed by atoms with Crippen molar-refractivity contribution in [3.8, 4) is 0 Å². The fraction of sp³-hybridized carbons (Fsp3) is 0.471. The average molecular weight is 285 g/mol. The van der Waals surface area contributed by atoms with Crippen molar-refractivity contribution < 1.29 is 4.74 Å². The standard InChI is InChI=1S/C17H23N3O/c1-2-9-20-10-11-21-16(12-20)17(18)14-5-3-7-15-13(14)6-4-8-19-15/h3-8,16-17H,2,9-12,18H2,1H3. The lowest BCUT2D eigenvalue weighted by Gasteiger charge is -2.36. The van der Waals surface area contributed by atoms with Gasteiger partial charge >= 0.3 is 0 Å². The number of morpholine rings is 1. The van der Waals surface area contributed by atoms with E-state index in [0.29, 0.717) is 0 Å². The quantitative estimate of drug-likeness (QED) is 0.937. The predicted molar refractivity (Wildman–Crippen MR) is 85.1 cm³/mol. The summed E-state index contributed by atoms with van der Waals surface area (Å²) in [6.07, 6.45) is 3.04. The van der Waals surface area contributed by atoms with Gasteiger partial charge < -0.3 is 10.5 Å². The van der Waals surface area contributed by atoms with Gasteiger partial charge in [0.05, 0.1) is 24.3 Å². The second-order valence-electron chi connectivity index (χ2n) is 5.65. The van der Waals surface area contributed by atoms with Gasteiger partial charge in [0.25, 0.3) is 0 Å². The monoisotopic (exact) mass is 285 g/mol. The average Bonchev–Trinajstić information content (AvgIpc) is 2.54. The molecule has 1 aliphatic rings. The van der Waals surface area contributed by atoms with Gasteiger partial charge in [-0.15, -0.1) is 0 Å². The molecule has 3 rings (SSSR count). The molecule has 2 unspecified atom stereocenters. The normalized spacial score (nSPS) is 21.5. The van der Waals surface area contributed by atoms with Crippen molar-refractivity contribution in [1.29, 1.82) is 0 Å². The minimum absolute atomic E-state index is 0.0520. The minimum atomic E-state index is -0.113. The highest BCUT2D eigenvalue weighted by atomic mass is 16.5. The summed E-state index contributed by atoms with van der Waals surface area (Å²) in [5.41, 5.74) is 8.64. The molecule has 1 fully saturated rings. The molecule has 0 amide bonds. The molecule has 0 saturated carbocycles. The van der Waals surface area contributed by atoms with Crippen molar-refractivity contribution in [2.45, 2.75) is 25.5 Å². The van der Waals surface area contributed by atoms with Gasteiger partial charge in [0.1, 0.15) is 0 Å². The number of pyridine rings is 1. The van der Waals surface area contributed by atoms with E-state index in [1.807, 2.05) is 24.4 Å². The lowest BCUT2D eigenvalue weighted by molar-refractivity contribution is -0.0405. The lowest BCUT2D eigenvalue weighted by atomic mass is 9.97. The molecule has 0 spiro atoms. The van der Waals surface area contributed by atoms with Gasteiger partial charge in [0.2, 0.25) is 0 Å². The van der Waals surface area contributed by atoms with Crippen molar-refractivity contribution >= 4 is 10.9 Å². The summed E-state index contributed by atoms with van der Waals surface area (Å²) < 4.78 is 5.93. The van der Waals surface area contributed by atoms with Crippen LogP contribution >= 0.6 is 0 Å². The Kier molecular flexibility index (Phi) is 4.48. The third-order valence-electron chi connectivity index (χ3n) is 4.16. The van der Waals surface area contributed by atoms with Gasteiger partial charge in [0.15, 0.2) is 0 Å². The van der Waals surface area contributed by atoms with Gasteiger partial charge in [-0.1, -0.05) is 25.1 Å². The molecule has 112 valence electrons. The Morgan fingerprint density at radius 3 is 3.14 bits per heavy atom. The smallest absolute Gasteiger partial charge is 0.0895 e. The maximum atomic E-state index is 6.51. The number of nitrogens with two attached hydrogens (primary N) is 1. The molecule has 21 heavy (non-hydrogen) atoms. The number of benzene rings is 1. The Bertz CT molecular complexity index is 594. The first-order chi connectivity index (χ1) is 10.3. The van der Waals surface area contributed by atoms with E-state index >= 15 is 0 Å². The topological polar surface area (TPSA) is 51.4 Å². The van der Waals surface area contributed by atoms with Crippen LogP contribution in [0.3, 0.4) is 0 Å². The summed E-state index contributed by atoms with van der Waals surface area (Å²) in [7, 11) is 0. The zero-order valence-electron chi connectivity index (χ0n) is 12.5. The zero-order chi connectivity index (χ0) is 14.7. The number of ether oxygens (including phenoxy) is 1. The van der Waals surface area contributed by atoms with Gasteiger partial charge in [0, 0.05) is 24.7 Å². The van der Waals surface area contributed by atoms with Crippen LogP contribution in [-0.2, 0) is 4.74 Å². The van der Waals surface area contributed by atoms with E-state index in [4.69, 9.17) is 10.5 Å². The molecule has 1 saturated heterocycles. The lowest BCUT2D eigenvalue weighted by Crippen LogP contribution is -2.47. The highest BCUT2D eigenvalue weighted by Gasteiger charge is 2.27.